The number of aromatic nitrogens is 1. The molecule has 0 unspecified atom stereocenters. The highest BCUT2D eigenvalue weighted by Crippen LogP contribution is 2.18. The average Bonchev–Trinajstić information content (AvgIpc) is 2.69. The van der Waals surface area contributed by atoms with Crippen LogP contribution in [0.2, 0.25) is 0 Å². The third-order valence-corrected chi connectivity index (χ3v) is 2.84. The van der Waals surface area contributed by atoms with Gasteiger partial charge in [-0.2, -0.15) is 0 Å². The Kier molecular flexibility index (Phi) is 5.09. The van der Waals surface area contributed by atoms with E-state index < -0.39 is 0 Å². The SMILES string of the molecule is CCc1cc(OC2CCN(C)CC2)no1.Cl. The van der Waals surface area contributed by atoms with Crippen molar-refractivity contribution in [2.24, 2.45) is 0 Å². The predicted molar refractivity (Wildman–Crippen MR) is 64.3 cm³/mol. The number of nitrogens with zero attached hydrogens (tertiary/aromatic N) is 2. The quantitative estimate of drug-likeness (QED) is 0.819. The first-order chi connectivity index (χ1) is 7.28. The molecule has 0 amide bonds. The Labute approximate surface area is 102 Å². The van der Waals surface area contributed by atoms with Crippen LogP contribution in [0.25, 0.3) is 0 Å². The van der Waals surface area contributed by atoms with Crippen molar-refractivity contribution in [1.29, 1.82) is 0 Å². The highest BCUT2D eigenvalue weighted by atomic mass is 35.5. The number of hydrogen-bond donors (Lipinski definition) is 0. The van der Waals surface area contributed by atoms with Crippen LogP contribution in [0.15, 0.2) is 10.6 Å². The molecule has 0 aliphatic carbocycles. The van der Waals surface area contributed by atoms with Crippen molar-refractivity contribution in [3.8, 4) is 5.88 Å². The largest absolute Gasteiger partial charge is 0.472 e. The molecular weight excluding hydrogens is 228 g/mol. The Hall–Kier alpha value is -0.740. The van der Waals surface area contributed by atoms with Gasteiger partial charge in [-0.3, -0.25) is 0 Å². The van der Waals surface area contributed by atoms with Gasteiger partial charge in [-0.25, -0.2) is 0 Å². The van der Waals surface area contributed by atoms with E-state index in [-0.39, 0.29) is 12.4 Å². The molecule has 1 aromatic rings. The smallest absolute Gasteiger partial charge is 0.254 e. The normalized spacial score (nSPS) is 18.1. The fourth-order valence-electron chi connectivity index (χ4n) is 1.79. The summed E-state index contributed by atoms with van der Waals surface area (Å²) >= 11 is 0. The van der Waals surface area contributed by atoms with Gasteiger partial charge in [-0.1, -0.05) is 6.92 Å². The molecule has 2 heterocycles. The summed E-state index contributed by atoms with van der Waals surface area (Å²) < 4.78 is 10.8. The summed E-state index contributed by atoms with van der Waals surface area (Å²) in [5.74, 6) is 1.53. The first-order valence-electron chi connectivity index (χ1n) is 5.58. The topological polar surface area (TPSA) is 38.5 Å². The lowest BCUT2D eigenvalue weighted by molar-refractivity contribution is 0.106. The summed E-state index contributed by atoms with van der Waals surface area (Å²) in [6.07, 6.45) is 3.32. The minimum Gasteiger partial charge on any atom is -0.472 e. The number of piperidine rings is 1. The van der Waals surface area contributed by atoms with E-state index in [9.17, 15) is 0 Å². The van der Waals surface area contributed by atoms with Gasteiger partial charge in [0.15, 0.2) is 0 Å². The van der Waals surface area contributed by atoms with Crippen molar-refractivity contribution in [2.75, 3.05) is 20.1 Å². The lowest BCUT2D eigenvalue weighted by atomic mass is 10.1. The van der Waals surface area contributed by atoms with Crippen LogP contribution in [0, 0.1) is 0 Å². The van der Waals surface area contributed by atoms with Crippen molar-refractivity contribution in [1.82, 2.24) is 10.1 Å². The summed E-state index contributed by atoms with van der Waals surface area (Å²) in [4.78, 5) is 2.32. The molecule has 0 spiro atoms. The van der Waals surface area contributed by atoms with Gasteiger partial charge in [0.25, 0.3) is 5.88 Å². The molecule has 0 aromatic carbocycles. The molecule has 5 heteroatoms. The number of halogens is 1. The molecule has 16 heavy (non-hydrogen) atoms. The Morgan fingerprint density at radius 2 is 2.19 bits per heavy atom. The Morgan fingerprint density at radius 3 is 2.75 bits per heavy atom. The third kappa shape index (κ3) is 3.39. The molecule has 1 fully saturated rings. The minimum atomic E-state index is 0. The van der Waals surface area contributed by atoms with E-state index in [1.54, 1.807) is 0 Å². The van der Waals surface area contributed by atoms with Crippen LogP contribution in [0.4, 0.5) is 0 Å². The van der Waals surface area contributed by atoms with Gasteiger partial charge in [0.05, 0.1) is 0 Å². The maximum absolute atomic E-state index is 5.75. The Bertz CT molecular complexity index is 309. The van der Waals surface area contributed by atoms with Crippen molar-refractivity contribution >= 4 is 12.4 Å². The average molecular weight is 247 g/mol. The van der Waals surface area contributed by atoms with Crippen molar-refractivity contribution in [2.45, 2.75) is 32.3 Å². The molecule has 0 N–H and O–H groups in total. The van der Waals surface area contributed by atoms with Gasteiger partial charge in [-0.15, -0.1) is 12.4 Å². The number of aryl methyl sites for hydroxylation is 1. The Balaban J connectivity index is 0.00000128. The van der Waals surface area contributed by atoms with Crippen LogP contribution in [-0.2, 0) is 6.42 Å². The van der Waals surface area contributed by atoms with Crippen LogP contribution in [0.1, 0.15) is 25.5 Å². The van der Waals surface area contributed by atoms with E-state index in [1.807, 2.05) is 13.0 Å². The van der Waals surface area contributed by atoms with E-state index in [4.69, 9.17) is 9.26 Å². The van der Waals surface area contributed by atoms with Gasteiger partial charge >= 0.3 is 0 Å². The summed E-state index contributed by atoms with van der Waals surface area (Å²) in [5.41, 5.74) is 0. The highest BCUT2D eigenvalue weighted by Gasteiger charge is 2.19. The zero-order valence-electron chi connectivity index (χ0n) is 9.81. The van der Waals surface area contributed by atoms with E-state index in [1.165, 1.54) is 0 Å². The zero-order chi connectivity index (χ0) is 10.7. The van der Waals surface area contributed by atoms with Crippen molar-refractivity contribution in [3.63, 3.8) is 0 Å². The summed E-state index contributed by atoms with van der Waals surface area (Å²) in [6, 6.07) is 1.89. The molecule has 1 aliphatic heterocycles. The number of hydrogen-bond acceptors (Lipinski definition) is 4. The molecule has 4 nitrogen and oxygen atoms in total. The molecule has 0 radical (unpaired) electrons. The number of likely N-dealkylation sites (tertiary alicyclic amines) is 1. The van der Waals surface area contributed by atoms with Crippen LogP contribution in [-0.4, -0.2) is 36.3 Å². The second-order valence-electron chi connectivity index (χ2n) is 4.11. The molecule has 92 valence electrons. The summed E-state index contributed by atoms with van der Waals surface area (Å²) in [5, 5.41) is 3.89. The fourth-order valence-corrected chi connectivity index (χ4v) is 1.79. The lowest BCUT2D eigenvalue weighted by Crippen LogP contribution is -2.35. The zero-order valence-corrected chi connectivity index (χ0v) is 10.6. The van der Waals surface area contributed by atoms with Gasteiger partial charge in [0.2, 0.25) is 0 Å². The van der Waals surface area contributed by atoms with E-state index >= 15 is 0 Å². The van der Waals surface area contributed by atoms with Gasteiger partial charge in [0, 0.05) is 25.6 Å². The van der Waals surface area contributed by atoms with E-state index in [0.29, 0.717) is 12.0 Å². The molecule has 1 saturated heterocycles. The first-order valence-corrected chi connectivity index (χ1v) is 5.58. The molecule has 0 atom stereocenters. The standard InChI is InChI=1S/C11H18N2O2.ClH/c1-3-9-8-11(12-15-9)14-10-4-6-13(2)7-5-10;/h8,10H,3-7H2,1-2H3;1H. The molecule has 1 aromatic heterocycles. The van der Waals surface area contributed by atoms with Gasteiger partial charge < -0.3 is 14.2 Å². The molecule has 0 bridgehead atoms. The number of rotatable bonds is 3. The van der Waals surface area contributed by atoms with Crippen molar-refractivity contribution in [3.05, 3.63) is 11.8 Å². The molecule has 0 saturated carbocycles. The van der Waals surface area contributed by atoms with Gasteiger partial charge in [0.1, 0.15) is 11.9 Å². The summed E-state index contributed by atoms with van der Waals surface area (Å²) in [7, 11) is 2.14. The maximum Gasteiger partial charge on any atom is 0.254 e. The molecular formula is C11H19ClN2O2. The third-order valence-electron chi connectivity index (χ3n) is 2.84. The second kappa shape index (κ2) is 6.11. The second-order valence-corrected chi connectivity index (χ2v) is 4.11. The summed E-state index contributed by atoms with van der Waals surface area (Å²) in [6.45, 7) is 4.24. The predicted octanol–water partition coefficient (Wildman–Crippen LogP) is 2.13. The monoisotopic (exact) mass is 246 g/mol. The minimum absolute atomic E-state index is 0. The van der Waals surface area contributed by atoms with Crippen LogP contribution < -0.4 is 4.74 Å². The fraction of sp³-hybridized carbons (Fsp3) is 0.727. The van der Waals surface area contributed by atoms with Crippen LogP contribution >= 0.6 is 12.4 Å². The van der Waals surface area contributed by atoms with E-state index in [0.717, 1.165) is 38.1 Å². The van der Waals surface area contributed by atoms with E-state index in [2.05, 4.69) is 17.1 Å². The van der Waals surface area contributed by atoms with Crippen LogP contribution in [0.5, 0.6) is 5.88 Å². The highest BCUT2D eigenvalue weighted by molar-refractivity contribution is 5.85. The first kappa shape index (κ1) is 13.3. The van der Waals surface area contributed by atoms with Gasteiger partial charge in [-0.05, 0) is 25.0 Å². The van der Waals surface area contributed by atoms with Crippen LogP contribution in [0.3, 0.4) is 0 Å². The molecule has 2 rings (SSSR count). The maximum atomic E-state index is 5.75. The Morgan fingerprint density at radius 1 is 1.50 bits per heavy atom. The van der Waals surface area contributed by atoms with Crippen molar-refractivity contribution < 1.29 is 9.26 Å². The number of ether oxygens (including phenoxy) is 1. The molecule has 1 aliphatic rings. The lowest BCUT2D eigenvalue weighted by Gasteiger charge is -2.28.